The number of likely N-dealkylation sites (tertiary alicyclic amines) is 2. The van der Waals surface area contributed by atoms with Crippen LogP contribution < -0.4 is 10.6 Å². The summed E-state index contributed by atoms with van der Waals surface area (Å²) in [6, 6.07) is 14.0. The number of thiazole rings is 1. The summed E-state index contributed by atoms with van der Waals surface area (Å²) in [5, 5.41) is 20.9. The Bertz CT molecular complexity index is 3000. The molecule has 0 unspecified atom stereocenters. The van der Waals surface area contributed by atoms with E-state index in [9.17, 15) is 24.3 Å². The number of carbonyl (C=O) groups excluding carboxylic acids is 4. The molecule has 3 fully saturated rings. The third kappa shape index (κ3) is 13.0. The first-order valence-electron chi connectivity index (χ1n) is 25.7. The molecule has 3 aliphatic heterocycles. The maximum atomic E-state index is 15.5. The van der Waals surface area contributed by atoms with E-state index in [0.717, 1.165) is 27.3 Å². The second-order valence-electron chi connectivity index (χ2n) is 20.6. The van der Waals surface area contributed by atoms with Gasteiger partial charge in [-0.2, -0.15) is 5.10 Å². The van der Waals surface area contributed by atoms with Crippen LogP contribution >= 0.6 is 11.3 Å². The number of rotatable bonds is 18. The average molecular weight is 1060 g/mol. The Hall–Kier alpha value is -6.62. The number of fused-ring (bicyclic) bond motifs is 1. The number of hydrogen-bond acceptors (Lipinski definition) is 14. The minimum absolute atomic E-state index is 0.0233. The van der Waals surface area contributed by atoms with Crippen molar-refractivity contribution in [2.45, 2.75) is 84.3 Å². The SMILES string of the molecule is Cc1ncsc1-c1ccc(CNC(=O)[C@@H]2C[C@@H](O)CN2C(=O)[C@@H](NC(=O)COCCOCC(=O)N2CCC(n3cc(-c4cnc5cccc(-c6cc(F)c(CN7CCOCC7)c(F)c6)c5n4)cn3)CC2)C(C)(C)C)cc1. The van der Waals surface area contributed by atoms with Crippen LogP contribution in [0.5, 0.6) is 0 Å². The van der Waals surface area contributed by atoms with Crippen LogP contribution in [-0.2, 0) is 46.5 Å². The van der Waals surface area contributed by atoms with Crippen molar-refractivity contribution in [3.8, 4) is 32.8 Å². The third-order valence-electron chi connectivity index (χ3n) is 14.1. The number of β-amino-alcohol motifs (C(OH)–C–C–N with tert-alkyl or cyclic N) is 1. The molecule has 3 aliphatic rings. The van der Waals surface area contributed by atoms with Gasteiger partial charge in [0.25, 0.3) is 0 Å². The number of aliphatic hydroxyl groups is 1. The van der Waals surface area contributed by atoms with Gasteiger partial charge in [-0.15, -0.1) is 11.3 Å². The van der Waals surface area contributed by atoms with Crippen molar-refractivity contribution >= 4 is 46.0 Å². The van der Waals surface area contributed by atoms with Crippen molar-refractivity contribution in [2.75, 3.05) is 72.4 Å². The normalized spacial score (nSPS) is 18.0. The number of nitrogens with one attached hydrogen (secondary N) is 2. The number of morpholine rings is 1. The van der Waals surface area contributed by atoms with Gasteiger partial charge in [-0.1, -0.05) is 57.2 Å². The maximum Gasteiger partial charge on any atom is 0.248 e. The van der Waals surface area contributed by atoms with Gasteiger partial charge in [0.1, 0.15) is 36.9 Å². The van der Waals surface area contributed by atoms with E-state index >= 15 is 8.78 Å². The summed E-state index contributed by atoms with van der Waals surface area (Å²) in [6.07, 6.45) is 5.75. The molecule has 21 heteroatoms. The summed E-state index contributed by atoms with van der Waals surface area (Å²) >= 11 is 1.56. The molecule has 4 amide bonds. The molecule has 0 saturated carbocycles. The first-order chi connectivity index (χ1) is 36.6. The van der Waals surface area contributed by atoms with Gasteiger partial charge in [0.15, 0.2) is 0 Å². The molecule has 6 heterocycles. The summed E-state index contributed by atoms with van der Waals surface area (Å²) in [5.74, 6) is -2.82. The van der Waals surface area contributed by atoms with Gasteiger partial charge in [-0.05, 0) is 60.1 Å². The first-order valence-corrected chi connectivity index (χ1v) is 26.5. The van der Waals surface area contributed by atoms with E-state index in [1.54, 1.807) is 73.1 Å². The Labute approximate surface area is 443 Å². The van der Waals surface area contributed by atoms with Crippen molar-refractivity contribution in [3.05, 3.63) is 107 Å². The zero-order chi connectivity index (χ0) is 53.5. The van der Waals surface area contributed by atoms with Crippen LogP contribution in [0.25, 0.3) is 43.9 Å². The second-order valence-corrected chi connectivity index (χ2v) is 21.5. The van der Waals surface area contributed by atoms with Crippen LogP contribution in [0, 0.1) is 24.0 Å². The fraction of sp³-hybridized carbons (Fsp3) is 0.455. The molecule has 9 rings (SSSR count). The van der Waals surface area contributed by atoms with Gasteiger partial charge in [-0.25, -0.2) is 18.7 Å². The quantitative estimate of drug-likeness (QED) is 0.0884. The number of ether oxygens (including phenoxy) is 3. The molecule has 18 nitrogen and oxygen atoms in total. The highest BCUT2D eigenvalue weighted by molar-refractivity contribution is 7.13. The lowest BCUT2D eigenvalue weighted by molar-refractivity contribution is -0.144. The molecule has 0 radical (unpaired) electrons. The summed E-state index contributed by atoms with van der Waals surface area (Å²) in [7, 11) is 0. The van der Waals surface area contributed by atoms with E-state index in [1.807, 2.05) is 47.0 Å². The van der Waals surface area contributed by atoms with Crippen LogP contribution in [0.15, 0.2) is 78.7 Å². The van der Waals surface area contributed by atoms with Crippen LogP contribution in [0.3, 0.4) is 0 Å². The molecule has 3 atom stereocenters. The fourth-order valence-electron chi connectivity index (χ4n) is 9.86. The van der Waals surface area contributed by atoms with Gasteiger partial charge < -0.3 is 39.8 Å². The molecule has 3 saturated heterocycles. The van der Waals surface area contributed by atoms with Crippen LogP contribution in [0.2, 0.25) is 0 Å². The van der Waals surface area contributed by atoms with Crippen molar-refractivity contribution in [3.63, 3.8) is 0 Å². The topological polar surface area (TPSA) is 206 Å². The number of aryl methyl sites for hydroxylation is 1. The smallest absolute Gasteiger partial charge is 0.248 e. The van der Waals surface area contributed by atoms with E-state index in [0.29, 0.717) is 80.1 Å². The molecule has 3 aromatic carbocycles. The number of para-hydroxylation sites is 1. The molecule has 3 aromatic heterocycles. The monoisotopic (exact) mass is 1060 g/mol. The number of carbonyl (C=O) groups is 4. The second kappa shape index (κ2) is 24.2. The maximum absolute atomic E-state index is 15.5. The molecular weight excluding hydrogens is 999 g/mol. The molecular formula is C55H64F2N10O8S. The Kier molecular flexibility index (Phi) is 17.2. The zero-order valence-corrected chi connectivity index (χ0v) is 44.0. The predicted molar refractivity (Wildman–Crippen MR) is 280 cm³/mol. The number of piperidine rings is 1. The summed E-state index contributed by atoms with van der Waals surface area (Å²) in [6.45, 7) is 10.5. The molecule has 0 spiro atoms. The van der Waals surface area contributed by atoms with E-state index < -0.39 is 53.0 Å². The number of nitrogens with zero attached hydrogens (tertiary/aromatic N) is 8. The zero-order valence-electron chi connectivity index (χ0n) is 43.2. The van der Waals surface area contributed by atoms with Crippen LogP contribution in [0.1, 0.15) is 62.9 Å². The van der Waals surface area contributed by atoms with Crippen molar-refractivity contribution in [1.29, 1.82) is 0 Å². The number of benzene rings is 3. The number of hydrogen-bond donors (Lipinski definition) is 3. The molecule has 6 aromatic rings. The van der Waals surface area contributed by atoms with E-state index in [1.165, 1.54) is 17.0 Å². The number of aromatic nitrogens is 5. The van der Waals surface area contributed by atoms with Crippen molar-refractivity contribution in [2.24, 2.45) is 5.41 Å². The largest absolute Gasteiger partial charge is 0.391 e. The lowest BCUT2D eigenvalue weighted by Crippen LogP contribution is -2.58. The molecule has 0 aliphatic carbocycles. The highest BCUT2D eigenvalue weighted by atomic mass is 32.1. The van der Waals surface area contributed by atoms with Gasteiger partial charge >= 0.3 is 0 Å². The standard InChI is InChI=1S/C55H64F2N10O8S/c1-34-51(76-33-60-34)36-10-8-35(9-11-36)25-59-53(71)47-24-40(68)29-66(47)54(72)52(55(2,3)4)63-48(69)31-74-20-21-75-32-49(70)65-14-12-39(13-15-65)67-28-38(26-61-67)46-27-58-45-7-5-6-41(50(45)62-46)37-22-43(56)42(44(57)23-37)30-64-16-18-73-19-17-64/h5-11,22-23,26-28,33,39-40,47,52,68H,12-21,24-25,29-32H2,1-4H3,(H,59,71)(H,63,69)/t40-,47+,52-/m1/s1. The van der Waals surface area contributed by atoms with Gasteiger partial charge in [0.2, 0.25) is 23.6 Å². The molecule has 402 valence electrons. The predicted octanol–water partition coefficient (Wildman–Crippen LogP) is 5.71. The van der Waals surface area contributed by atoms with Gasteiger partial charge in [-0.3, -0.25) is 33.7 Å². The third-order valence-corrected chi connectivity index (χ3v) is 15.1. The fourth-order valence-corrected chi connectivity index (χ4v) is 10.7. The summed E-state index contributed by atoms with van der Waals surface area (Å²) in [5.41, 5.74) is 7.25. The summed E-state index contributed by atoms with van der Waals surface area (Å²) < 4.78 is 49.3. The highest BCUT2D eigenvalue weighted by Crippen LogP contribution is 2.33. The first kappa shape index (κ1) is 54.2. The van der Waals surface area contributed by atoms with E-state index in [2.05, 4.69) is 25.7 Å². The Balaban J connectivity index is 0.700. The molecule has 76 heavy (non-hydrogen) atoms. The lowest BCUT2D eigenvalue weighted by Gasteiger charge is -2.35. The Morgan fingerprint density at radius 3 is 2.33 bits per heavy atom. The van der Waals surface area contributed by atoms with Crippen molar-refractivity contribution in [1.82, 2.24) is 50.1 Å². The number of amides is 4. The van der Waals surface area contributed by atoms with E-state index in [4.69, 9.17) is 19.2 Å². The molecule has 3 N–H and O–H groups in total. The average Bonchev–Trinajstić information content (AvgIpc) is 4.22. The number of aliphatic hydroxyl groups excluding tert-OH is 1. The van der Waals surface area contributed by atoms with Gasteiger partial charge in [0.05, 0.1) is 83.8 Å². The van der Waals surface area contributed by atoms with Crippen LogP contribution in [0.4, 0.5) is 8.78 Å². The highest BCUT2D eigenvalue weighted by Gasteiger charge is 2.44. The lowest BCUT2D eigenvalue weighted by atomic mass is 9.85. The Morgan fingerprint density at radius 1 is 0.908 bits per heavy atom. The minimum Gasteiger partial charge on any atom is -0.391 e. The Morgan fingerprint density at radius 2 is 1.63 bits per heavy atom. The number of halogens is 2. The van der Waals surface area contributed by atoms with Gasteiger partial charge in [0, 0.05) is 75.1 Å². The van der Waals surface area contributed by atoms with Crippen molar-refractivity contribution < 1.29 is 47.3 Å². The summed E-state index contributed by atoms with van der Waals surface area (Å²) in [4.78, 5) is 73.7. The van der Waals surface area contributed by atoms with E-state index in [-0.39, 0.29) is 70.0 Å². The minimum atomic E-state index is -1.02. The van der Waals surface area contributed by atoms with Crippen LogP contribution in [-0.4, -0.2) is 159 Å². The molecule has 0 bridgehead atoms.